The zero-order chi connectivity index (χ0) is 10.1. The van der Waals surface area contributed by atoms with E-state index in [1.807, 2.05) is 6.92 Å². The smallest absolute Gasteiger partial charge is 0.130 e. The highest BCUT2D eigenvalue weighted by Gasteiger charge is 2.28. The Morgan fingerprint density at radius 2 is 1.93 bits per heavy atom. The second-order valence-electron chi connectivity index (χ2n) is 3.83. The van der Waals surface area contributed by atoms with Crippen LogP contribution in [0, 0.1) is 17.6 Å². The van der Waals surface area contributed by atoms with Crippen LogP contribution in [0.3, 0.4) is 0 Å². The highest BCUT2D eigenvalue weighted by molar-refractivity contribution is 5.24. The third-order valence-electron chi connectivity index (χ3n) is 2.84. The number of halogens is 2. The second-order valence-corrected chi connectivity index (χ2v) is 3.83. The van der Waals surface area contributed by atoms with Gasteiger partial charge in [-0.15, -0.1) is 0 Å². The molecule has 1 N–H and O–H groups in total. The van der Waals surface area contributed by atoms with Crippen molar-refractivity contribution in [2.75, 3.05) is 6.54 Å². The highest BCUT2D eigenvalue weighted by Crippen LogP contribution is 2.32. The van der Waals surface area contributed by atoms with Gasteiger partial charge in [0.2, 0.25) is 0 Å². The number of nitrogens with one attached hydrogen (secondary N) is 1. The second kappa shape index (κ2) is 3.65. The van der Waals surface area contributed by atoms with Crippen molar-refractivity contribution in [1.29, 1.82) is 0 Å². The summed E-state index contributed by atoms with van der Waals surface area (Å²) in [6.07, 6.45) is 0.971. The minimum Gasteiger partial charge on any atom is -0.309 e. The summed E-state index contributed by atoms with van der Waals surface area (Å²) < 4.78 is 26.8. The van der Waals surface area contributed by atoms with Crippen LogP contribution < -0.4 is 5.32 Å². The van der Waals surface area contributed by atoms with E-state index in [1.54, 1.807) is 0 Å². The van der Waals surface area contributed by atoms with E-state index in [0.29, 0.717) is 5.92 Å². The Bertz CT molecular complexity index is 318. The van der Waals surface area contributed by atoms with E-state index in [4.69, 9.17) is 0 Å². The van der Waals surface area contributed by atoms with Gasteiger partial charge in [0.25, 0.3) is 0 Å². The first-order valence-corrected chi connectivity index (χ1v) is 4.87. The van der Waals surface area contributed by atoms with Crippen molar-refractivity contribution in [1.82, 2.24) is 5.32 Å². The summed E-state index contributed by atoms with van der Waals surface area (Å²) >= 11 is 0. The molecule has 1 aliphatic rings. The summed E-state index contributed by atoms with van der Waals surface area (Å²) in [5, 5.41) is 3.12. The van der Waals surface area contributed by atoms with Gasteiger partial charge in [-0.3, -0.25) is 0 Å². The average Bonchev–Trinajstić information content (AvgIpc) is 2.52. The molecule has 1 saturated heterocycles. The molecule has 14 heavy (non-hydrogen) atoms. The molecule has 0 saturated carbocycles. The molecule has 0 amide bonds. The van der Waals surface area contributed by atoms with Crippen molar-refractivity contribution in [3.05, 3.63) is 35.4 Å². The van der Waals surface area contributed by atoms with Gasteiger partial charge >= 0.3 is 0 Å². The molecule has 0 radical (unpaired) electrons. The summed E-state index contributed by atoms with van der Waals surface area (Å²) in [6, 6.07) is 3.85. The van der Waals surface area contributed by atoms with Crippen LogP contribution in [0.15, 0.2) is 18.2 Å². The van der Waals surface area contributed by atoms with Gasteiger partial charge in [0.15, 0.2) is 0 Å². The fourth-order valence-electron chi connectivity index (χ4n) is 2.03. The summed E-state index contributed by atoms with van der Waals surface area (Å²) in [6.45, 7) is 2.84. The van der Waals surface area contributed by atoms with Crippen LogP contribution in [0.25, 0.3) is 0 Å². The lowest BCUT2D eigenvalue weighted by Crippen LogP contribution is -2.19. The van der Waals surface area contributed by atoms with E-state index in [9.17, 15) is 8.78 Å². The number of hydrogen-bond donors (Lipinski definition) is 1. The quantitative estimate of drug-likeness (QED) is 0.729. The Morgan fingerprint density at radius 1 is 1.29 bits per heavy atom. The fourth-order valence-corrected chi connectivity index (χ4v) is 2.03. The lowest BCUT2D eigenvalue weighted by Gasteiger charge is -2.17. The van der Waals surface area contributed by atoms with Gasteiger partial charge in [-0.2, -0.15) is 0 Å². The molecular weight excluding hydrogens is 184 g/mol. The van der Waals surface area contributed by atoms with Crippen LogP contribution in [0.4, 0.5) is 8.78 Å². The number of hydrogen-bond acceptors (Lipinski definition) is 1. The van der Waals surface area contributed by atoms with Crippen molar-refractivity contribution in [2.24, 2.45) is 5.92 Å². The first-order chi connectivity index (χ1) is 6.70. The van der Waals surface area contributed by atoms with Gasteiger partial charge in [0, 0.05) is 11.6 Å². The lowest BCUT2D eigenvalue weighted by atomic mass is 9.95. The SMILES string of the molecule is CC1CCNC1c1c(F)cccc1F. The largest absolute Gasteiger partial charge is 0.309 e. The summed E-state index contributed by atoms with van der Waals surface area (Å²) in [5.41, 5.74) is 0.192. The maximum absolute atomic E-state index is 13.4. The van der Waals surface area contributed by atoms with Crippen molar-refractivity contribution >= 4 is 0 Å². The van der Waals surface area contributed by atoms with Gasteiger partial charge < -0.3 is 5.32 Å². The van der Waals surface area contributed by atoms with Crippen molar-refractivity contribution in [3.63, 3.8) is 0 Å². The summed E-state index contributed by atoms with van der Waals surface area (Å²) in [7, 11) is 0. The van der Waals surface area contributed by atoms with Gasteiger partial charge in [-0.05, 0) is 31.0 Å². The predicted octanol–water partition coefficient (Wildman–Crippen LogP) is 2.64. The number of rotatable bonds is 1. The zero-order valence-corrected chi connectivity index (χ0v) is 8.06. The van der Waals surface area contributed by atoms with Crippen molar-refractivity contribution in [2.45, 2.75) is 19.4 Å². The van der Waals surface area contributed by atoms with E-state index >= 15 is 0 Å². The van der Waals surface area contributed by atoms with Gasteiger partial charge in [0.05, 0.1) is 0 Å². The van der Waals surface area contributed by atoms with E-state index in [-0.39, 0.29) is 11.6 Å². The maximum Gasteiger partial charge on any atom is 0.130 e. The monoisotopic (exact) mass is 197 g/mol. The molecule has 0 aromatic heterocycles. The van der Waals surface area contributed by atoms with Crippen molar-refractivity contribution < 1.29 is 8.78 Å². The topological polar surface area (TPSA) is 12.0 Å². The van der Waals surface area contributed by atoms with E-state index < -0.39 is 11.6 Å². The molecule has 1 heterocycles. The average molecular weight is 197 g/mol. The normalized spacial score (nSPS) is 26.8. The molecule has 3 heteroatoms. The van der Waals surface area contributed by atoms with Crippen LogP contribution in [0.2, 0.25) is 0 Å². The molecule has 76 valence electrons. The Hall–Kier alpha value is -0.960. The molecule has 0 aliphatic carbocycles. The highest BCUT2D eigenvalue weighted by atomic mass is 19.1. The summed E-state index contributed by atoms with van der Waals surface area (Å²) in [5.74, 6) is -0.603. The zero-order valence-electron chi connectivity index (χ0n) is 8.06. The Kier molecular flexibility index (Phi) is 2.50. The molecule has 1 nitrogen and oxygen atoms in total. The molecule has 1 aromatic carbocycles. The Labute approximate surface area is 82.1 Å². The molecular formula is C11H13F2N. The molecule has 0 spiro atoms. The fraction of sp³-hybridized carbons (Fsp3) is 0.455. The standard InChI is InChI=1S/C11H13F2N/c1-7-5-6-14-11(7)10-8(12)3-2-4-9(10)13/h2-4,7,11,14H,5-6H2,1H3. The first kappa shape index (κ1) is 9.59. The van der Waals surface area contributed by atoms with Crippen LogP contribution in [0.5, 0.6) is 0 Å². The molecule has 1 aliphatic heterocycles. The minimum absolute atomic E-state index is 0.170. The third kappa shape index (κ3) is 1.52. The first-order valence-electron chi connectivity index (χ1n) is 4.87. The molecule has 2 atom stereocenters. The van der Waals surface area contributed by atoms with E-state index in [2.05, 4.69) is 5.32 Å². The minimum atomic E-state index is -0.448. The van der Waals surface area contributed by atoms with E-state index in [0.717, 1.165) is 13.0 Å². The van der Waals surface area contributed by atoms with Gasteiger partial charge in [-0.1, -0.05) is 13.0 Å². The summed E-state index contributed by atoms with van der Waals surface area (Å²) in [4.78, 5) is 0. The molecule has 0 bridgehead atoms. The van der Waals surface area contributed by atoms with Crippen LogP contribution in [0.1, 0.15) is 24.9 Å². The van der Waals surface area contributed by atoms with Gasteiger partial charge in [0.1, 0.15) is 11.6 Å². The maximum atomic E-state index is 13.4. The lowest BCUT2D eigenvalue weighted by molar-refractivity contribution is 0.446. The van der Waals surface area contributed by atoms with Crippen LogP contribution in [-0.2, 0) is 0 Å². The van der Waals surface area contributed by atoms with Crippen LogP contribution >= 0.6 is 0 Å². The third-order valence-corrected chi connectivity index (χ3v) is 2.84. The number of benzene rings is 1. The molecule has 1 fully saturated rings. The van der Waals surface area contributed by atoms with E-state index in [1.165, 1.54) is 18.2 Å². The predicted molar refractivity (Wildman–Crippen MR) is 50.9 cm³/mol. The Balaban J connectivity index is 2.39. The van der Waals surface area contributed by atoms with Crippen molar-refractivity contribution in [3.8, 4) is 0 Å². The van der Waals surface area contributed by atoms with Gasteiger partial charge in [-0.25, -0.2) is 8.78 Å². The van der Waals surface area contributed by atoms with Crippen LogP contribution in [-0.4, -0.2) is 6.54 Å². The molecule has 1 aromatic rings. The molecule has 2 rings (SSSR count). The Morgan fingerprint density at radius 3 is 2.43 bits per heavy atom. The molecule has 2 unspecified atom stereocenters.